The molecule has 0 saturated heterocycles. The molecule has 0 heterocycles. The van der Waals surface area contributed by atoms with Crippen LogP contribution in [0.5, 0.6) is 0 Å². The Morgan fingerprint density at radius 2 is 1.27 bits per heavy atom. The Bertz CT molecular complexity index is 367. The van der Waals surface area contributed by atoms with E-state index < -0.39 is 53.3 Å². The SMILES string of the molecule is C[C@@H](C(=O)O)N(CC[As](C)CC(=O)O)CC[As](C)CC(=O)O. The number of carboxylic acids is 3. The number of hydrogen-bond acceptors (Lipinski definition) is 4. The minimum atomic E-state index is -1.45. The van der Waals surface area contributed by atoms with E-state index in [1.165, 1.54) is 0 Å². The fourth-order valence-corrected chi connectivity index (χ4v) is 6.99. The maximum atomic E-state index is 11.2. The van der Waals surface area contributed by atoms with E-state index in [-0.39, 0.29) is 10.4 Å². The molecule has 0 aliphatic heterocycles. The normalized spacial score (nSPS) is 15.3. The first kappa shape index (κ1) is 21.5. The summed E-state index contributed by atoms with van der Waals surface area (Å²) in [5.41, 5.74) is 3.96. The fourth-order valence-electron chi connectivity index (χ4n) is 1.87. The van der Waals surface area contributed by atoms with Crippen molar-refractivity contribution in [2.45, 2.75) is 45.2 Å². The van der Waals surface area contributed by atoms with E-state index in [2.05, 4.69) is 0 Å². The molecule has 2 unspecified atom stereocenters. The Kier molecular flexibility index (Phi) is 10.8. The van der Waals surface area contributed by atoms with Gasteiger partial charge in [0.05, 0.1) is 0 Å². The number of rotatable bonds is 12. The standard InChI is InChI=1S/C13H25As2NO6/c1-10(13(21)22)16(6-4-14(2)8-11(17)18)7-5-15(3)9-12(19)20/h10H,4-9H2,1-3H3,(H,17,18)(H,19,20)(H,21,22)/t10-,14?,15?/m0/s1. The van der Waals surface area contributed by atoms with Gasteiger partial charge in [-0.1, -0.05) is 0 Å². The zero-order chi connectivity index (χ0) is 17.3. The molecule has 7 nitrogen and oxygen atoms in total. The van der Waals surface area contributed by atoms with Gasteiger partial charge in [0.25, 0.3) is 0 Å². The van der Waals surface area contributed by atoms with E-state index in [0.717, 1.165) is 10.4 Å². The van der Waals surface area contributed by atoms with Crippen LogP contribution in [0.1, 0.15) is 6.92 Å². The molecule has 0 saturated carbocycles. The molecule has 128 valence electrons. The Labute approximate surface area is 140 Å². The molecule has 3 N–H and O–H groups in total. The van der Waals surface area contributed by atoms with Gasteiger partial charge in [-0.2, -0.15) is 0 Å². The monoisotopic (exact) mass is 441 g/mol. The van der Waals surface area contributed by atoms with E-state index in [4.69, 9.17) is 15.3 Å². The second-order valence-electron chi connectivity index (χ2n) is 5.31. The molecule has 0 radical (unpaired) electrons. The minimum absolute atomic E-state index is 0.215. The van der Waals surface area contributed by atoms with E-state index >= 15 is 0 Å². The van der Waals surface area contributed by atoms with Gasteiger partial charge in [-0.25, -0.2) is 0 Å². The van der Waals surface area contributed by atoms with Gasteiger partial charge in [0, 0.05) is 0 Å². The van der Waals surface area contributed by atoms with Gasteiger partial charge in [0.15, 0.2) is 0 Å². The Morgan fingerprint density at radius 3 is 1.55 bits per heavy atom. The molecule has 9 heteroatoms. The molecule has 0 bridgehead atoms. The second-order valence-corrected chi connectivity index (χ2v) is 15.7. The summed E-state index contributed by atoms with van der Waals surface area (Å²) in [6.45, 7) is 2.77. The Balaban J connectivity index is 4.47. The summed E-state index contributed by atoms with van der Waals surface area (Å²) in [7, 11) is 0. The third-order valence-electron chi connectivity index (χ3n) is 3.25. The van der Waals surface area contributed by atoms with E-state index in [1.54, 1.807) is 6.92 Å². The van der Waals surface area contributed by atoms with Gasteiger partial charge >= 0.3 is 140 Å². The molecule has 0 aliphatic carbocycles. The summed E-state index contributed by atoms with van der Waals surface area (Å²) >= 11 is -2.89. The van der Waals surface area contributed by atoms with E-state index in [9.17, 15) is 14.4 Å². The molecular formula is C13H25As2NO6. The predicted molar refractivity (Wildman–Crippen MR) is 86.4 cm³/mol. The average molecular weight is 441 g/mol. The summed E-state index contributed by atoms with van der Waals surface area (Å²) in [6, 6.07) is -0.626. The van der Waals surface area contributed by atoms with Crippen LogP contribution >= 0.6 is 0 Å². The number of aliphatic carboxylic acids is 3. The van der Waals surface area contributed by atoms with Gasteiger partial charge in [-0.15, -0.1) is 0 Å². The molecule has 0 rings (SSSR count). The first-order valence-corrected chi connectivity index (χ1v) is 16.0. The Morgan fingerprint density at radius 1 is 0.909 bits per heavy atom. The predicted octanol–water partition coefficient (Wildman–Crippen LogP) is 1.18. The van der Waals surface area contributed by atoms with Crippen LogP contribution < -0.4 is 0 Å². The Hall–Kier alpha value is -0.513. The molecule has 0 spiro atoms. The van der Waals surface area contributed by atoms with Gasteiger partial charge in [-0.05, 0) is 0 Å². The molecule has 0 aromatic heterocycles. The van der Waals surface area contributed by atoms with Crippen LogP contribution in [0.25, 0.3) is 0 Å². The molecule has 22 heavy (non-hydrogen) atoms. The van der Waals surface area contributed by atoms with Gasteiger partial charge < -0.3 is 0 Å². The van der Waals surface area contributed by atoms with Crippen LogP contribution in [0.15, 0.2) is 0 Å². The summed E-state index contributed by atoms with van der Waals surface area (Å²) in [5, 5.41) is 28.7. The molecule has 0 aliphatic rings. The van der Waals surface area contributed by atoms with Gasteiger partial charge in [0.2, 0.25) is 0 Å². The summed E-state index contributed by atoms with van der Waals surface area (Å²) in [5.74, 6) is -2.48. The molecule has 3 atom stereocenters. The van der Waals surface area contributed by atoms with Gasteiger partial charge in [-0.3, -0.25) is 0 Å². The molecular weight excluding hydrogens is 416 g/mol. The molecule has 0 fully saturated rings. The number of hydrogen-bond donors (Lipinski definition) is 3. The first-order valence-electron chi connectivity index (χ1n) is 6.91. The zero-order valence-corrected chi connectivity index (χ0v) is 17.0. The molecule has 0 aromatic carbocycles. The van der Waals surface area contributed by atoms with Crippen LogP contribution in [0.4, 0.5) is 0 Å². The van der Waals surface area contributed by atoms with Gasteiger partial charge in [0.1, 0.15) is 0 Å². The summed E-state index contributed by atoms with van der Waals surface area (Å²) < 4.78 is 0. The van der Waals surface area contributed by atoms with Crippen molar-refractivity contribution in [1.29, 1.82) is 0 Å². The third kappa shape index (κ3) is 10.3. The van der Waals surface area contributed by atoms with Crippen molar-refractivity contribution in [2.75, 3.05) is 13.1 Å². The van der Waals surface area contributed by atoms with Crippen LogP contribution in [0.2, 0.25) is 32.3 Å². The van der Waals surface area contributed by atoms with Crippen LogP contribution in [0.3, 0.4) is 0 Å². The molecule has 0 amide bonds. The van der Waals surface area contributed by atoms with Crippen molar-refractivity contribution >= 4 is 47.2 Å². The van der Waals surface area contributed by atoms with Crippen molar-refractivity contribution in [3.63, 3.8) is 0 Å². The van der Waals surface area contributed by atoms with Crippen molar-refractivity contribution in [3.05, 3.63) is 0 Å². The number of nitrogens with zero attached hydrogens (tertiary/aromatic N) is 1. The van der Waals surface area contributed by atoms with Crippen molar-refractivity contribution in [2.24, 2.45) is 0 Å². The van der Waals surface area contributed by atoms with Crippen molar-refractivity contribution < 1.29 is 29.7 Å². The van der Waals surface area contributed by atoms with E-state index in [1.807, 2.05) is 16.3 Å². The second kappa shape index (κ2) is 11.1. The average Bonchev–Trinajstić information content (AvgIpc) is 2.36. The fraction of sp³-hybridized carbons (Fsp3) is 0.769. The maximum absolute atomic E-state index is 11.2. The van der Waals surface area contributed by atoms with E-state index in [0.29, 0.717) is 13.1 Å². The first-order chi connectivity index (χ1) is 10.1. The third-order valence-corrected chi connectivity index (χ3v) is 10.7. The van der Waals surface area contributed by atoms with Crippen molar-refractivity contribution in [1.82, 2.24) is 4.90 Å². The van der Waals surface area contributed by atoms with Crippen LogP contribution in [0, 0.1) is 0 Å². The molecule has 0 aromatic rings. The summed E-state index contributed by atoms with van der Waals surface area (Å²) in [4.78, 5) is 34.4. The summed E-state index contributed by atoms with van der Waals surface area (Å²) in [6.07, 6.45) is 0. The number of carbonyl (C=O) groups is 3. The zero-order valence-electron chi connectivity index (χ0n) is 13.2. The van der Waals surface area contributed by atoms with Crippen molar-refractivity contribution in [3.8, 4) is 0 Å². The van der Waals surface area contributed by atoms with Crippen LogP contribution in [-0.4, -0.2) is 86.6 Å². The topological polar surface area (TPSA) is 115 Å². The number of carboxylic acid groups (broad SMARTS) is 3. The van der Waals surface area contributed by atoms with Crippen LogP contribution in [-0.2, 0) is 14.4 Å². The quantitative estimate of drug-likeness (QED) is 0.390.